The molecule has 1 aromatic carbocycles. The number of aryl methyl sites for hydroxylation is 1. The summed E-state index contributed by atoms with van der Waals surface area (Å²) < 4.78 is 66.9. The molecule has 14 heteroatoms. The maximum atomic E-state index is 14.4. The normalized spacial score (nSPS) is 11.8. The highest BCUT2D eigenvalue weighted by atomic mass is 32.1. The number of alkyl halides is 3. The van der Waals surface area contributed by atoms with Crippen LogP contribution in [0.15, 0.2) is 27.1 Å². The molecule has 0 aliphatic carbocycles. The highest BCUT2D eigenvalue weighted by Gasteiger charge is 2.39. The highest BCUT2D eigenvalue weighted by Crippen LogP contribution is 2.38. The zero-order valence-electron chi connectivity index (χ0n) is 17.0. The topological polar surface area (TPSA) is 108 Å². The van der Waals surface area contributed by atoms with Gasteiger partial charge in [-0.25, -0.2) is 18.6 Å². The van der Waals surface area contributed by atoms with Crippen LogP contribution in [0.1, 0.15) is 22.9 Å². The molecule has 0 aliphatic heterocycles. The first kappa shape index (κ1) is 23.8. The van der Waals surface area contributed by atoms with Crippen molar-refractivity contribution in [2.24, 2.45) is 0 Å². The van der Waals surface area contributed by atoms with Gasteiger partial charge < -0.3 is 5.32 Å². The third-order valence-corrected chi connectivity index (χ3v) is 6.88. The lowest BCUT2D eigenvalue weighted by Crippen LogP contribution is -2.22. The van der Waals surface area contributed by atoms with Gasteiger partial charge in [-0.2, -0.15) is 13.2 Å². The third kappa shape index (κ3) is 4.37. The van der Waals surface area contributed by atoms with Crippen LogP contribution in [-0.4, -0.2) is 20.9 Å². The first-order chi connectivity index (χ1) is 16.0. The van der Waals surface area contributed by atoms with E-state index in [1.54, 1.807) is 0 Å². The number of anilines is 1. The minimum atomic E-state index is -5.24. The number of aromatic amines is 2. The Labute approximate surface area is 194 Å². The number of carbonyl (C=O) groups excluding carboxylic acids is 1. The molecule has 3 N–H and O–H groups in total. The molecule has 0 saturated heterocycles. The standard InChI is InChI=1S/C20H13F5N4O3S2/c1-2-11-8(13-16(31)28-18(32)29-17(13)34-11)5-12(30)27-19-26-10(6-33-19)7-3-4-9(21)14(15(7)22)20(23,24)25/h3-4,6H,2,5H2,1H3,(H,26,27,30)(H2,28,29,31,32). The number of benzene rings is 1. The van der Waals surface area contributed by atoms with Crippen LogP contribution in [-0.2, 0) is 23.8 Å². The molecule has 1 amide bonds. The van der Waals surface area contributed by atoms with Crippen LogP contribution in [0.25, 0.3) is 21.5 Å². The van der Waals surface area contributed by atoms with Crippen LogP contribution in [0.5, 0.6) is 0 Å². The van der Waals surface area contributed by atoms with Crippen LogP contribution in [0.2, 0.25) is 0 Å². The fourth-order valence-corrected chi connectivity index (χ4v) is 5.28. The fourth-order valence-electron chi connectivity index (χ4n) is 3.40. The summed E-state index contributed by atoms with van der Waals surface area (Å²) in [5.41, 5.74) is -3.70. The molecule has 0 atom stereocenters. The van der Waals surface area contributed by atoms with Crippen LogP contribution in [0.3, 0.4) is 0 Å². The largest absolute Gasteiger partial charge is 0.422 e. The van der Waals surface area contributed by atoms with Crippen LogP contribution in [0, 0.1) is 11.6 Å². The molecule has 4 rings (SSSR count). The van der Waals surface area contributed by atoms with Gasteiger partial charge in [0.2, 0.25) is 5.91 Å². The van der Waals surface area contributed by atoms with Gasteiger partial charge in [0.1, 0.15) is 22.0 Å². The van der Waals surface area contributed by atoms with Crippen molar-refractivity contribution in [3.63, 3.8) is 0 Å². The number of hydrogen-bond acceptors (Lipinski definition) is 6. The summed E-state index contributed by atoms with van der Waals surface area (Å²) in [4.78, 5) is 46.0. The van der Waals surface area contributed by atoms with Gasteiger partial charge in [0.15, 0.2) is 5.13 Å². The van der Waals surface area contributed by atoms with Crippen molar-refractivity contribution < 1.29 is 26.7 Å². The molecule has 0 radical (unpaired) electrons. The average molecular weight is 516 g/mol. The number of hydrogen-bond donors (Lipinski definition) is 3. The van der Waals surface area contributed by atoms with E-state index >= 15 is 0 Å². The van der Waals surface area contributed by atoms with Gasteiger partial charge in [0.05, 0.1) is 17.5 Å². The second-order valence-electron chi connectivity index (χ2n) is 7.01. The second kappa shape index (κ2) is 8.76. The van der Waals surface area contributed by atoms with Gasteiger partial charge in [-0.05, 0) is 24.1 Å². The van der Waals surface area contributed by atoms with Gasteiger partial charge >= 0.3 is 11.9 Å². The zero-order valence-corrected chi connectivity index (χ0v) is 18.7. The van der Waals surface area contributed by atoms with Crippen molar-refractivity contribution >= 4 is 43.9 Å². The molecular formula is C20H13F5N4O3S2. The lowest BCUT2D eigenvalue weighted by molar-refractivity contribution is -0.142. The van der Waals surface area contributed by atoms with E-state index in [9.17, 15) is 36.3 Å². The molecule has 0 bridgehead atoms. The number of halogens is 5. The van der Waals surface area contributed by atoms with E-state index in [-0.39, 0.29) is 22.6 Å². The van der Waals surface area contributed by atoms with Gasteiger partial charge in [-0.1, -0.05) is 6.92 Å². The molecule has 0 fully saturated rings. The molecule has 178 valence electrons. The molecule has 0 aliphatic rings. The lowest BCUT2D eigenvalue weighted by Gasteiger charge is -2.11. The van der Waals surface area contributed by atoms with Crippen LogP contribution >= 0.6 is 22.7 Å². The number of thiophene rings is 1. The Morgan fingerprint density at radius 1 is 1.18 bits per heavy atom. The Morgan fingerprint density at radius 2 is 1.91 bits per heavy atom. The molecule has 3 heterocycles. The van der Waals surface area contributed by atoms with E-state index in [4.69, 9.17) is 0 Å². The summed E-state index contributed by atoms with van der Waals surface area (Å²) in [6.07, 6.45) is -4.98. The van der Waals surface area contributed by atoms with Gasteiger partial charge in [-0.15, -0.1) is 22.7 Å². The van der Waals surface area contributed by atoms with Crippen LogP contribution in [0.4, 0.5) is 27.1 Å². The van der Waals surface area contributed by atoms with Crippen molar-refractivity contribution in [2.75, 3.05) is 5.32 Å². The Hall–Kier alpha value is -3.39. The van der Waals surface area contributed by atoms with Crippen molar-refractivity contribution in [3.8, 4) is 11.3 Å². The van der Waals surface area contributed by atoms with Crippen molar-refractivity contribution in [1.82, 2.24) is 15.0 Å². The maximum absolute atomic E-state index is 14.4. The molecule has 0 saturated carbocycles. The smallest absolute Gasteiger partial charge is 0.302 e. The number of rotatable bonds is 5. The van der Waals surface area contributed by atoms with Crippen molar-refractivity contribution in [2.45, 2.75) is 25.9 Å². The summed E-state index contributed by atoms with van der Waals surface area (Å²) in [6, 6.07) is 1.33. The Bertz CT molecular complexity index is 1530. The number of carbonyl (C=O) groups is 1. The summed E-state index contributed by atoms with van der Waals surface area (Å²) in [6.45, 7) is 1.82. The monoisotopic (exact) mass is 516 g/mol. The van der Waals surface area contributed by atoms with E-state index in [1.165, 1.54) is 16.7 Å². The predicted octanol–water partition coefficient (Wildman–Crippen LogP) is 4.44. The van der Waals surface area contributed by atoms with E-state index in [1.807, 2.05) is 6.92 Å². The highest BCUT2D eigenvalue weighted by molar-refractivity contribution is 7.18. The number of amides is 1. The number of aromatic nitrogens is 3. The third-order valence-electron chi connectivity index (χ3n) is 4.83. The molecule has 3 aromatic heterocycles. The summed E-state index contributed by atoms with van der Waals surface area (Å²) in [7, 11) is 0. The number of thiazole rings is 1. The van der Waals surface area contributed by atoms with E-state index in [2.05, 4.69) is 20.3 Å². The minimum Gasteiger partial charge on any atom is -0.302 e. The van der Waals surface area contributed by atoms with Gasteiger partial charge in [0.25, 0.3) is 5.56 Å². The number of H-pyrrole nitrogens is 2. The predicted molar refractivity (Wildman–Crippen MR) is 117 cm³/mol. The molecule has 7 nitrogen and oxygen atoms in total. The molecular weight excluding hydrogens is 503 g/mol. The lowest BCUT2D eigenvalue weighted by atomic mass is 10.1. The number of nitrogens with one attached hydrogen (secondary N) is 3. The summed E-state index contributed by atoms with van der Waals surface area (Å²) >= 11 is 2.01. The van der Waals surface area contributed by atoms with Gasteiger partial charge in [-0.3, -0.25) is 19.6 Å². The maximum Gasteiger partial charge on any atom is 0.422 e. The second-order valence-corrected chi connectivity index (χ2v) is 8.98. The summed E-state index contributed by atoms with van der Waals surface area (Å²) in [5, 5.41) is 3.84. The first-order valence-corrected chi connectivity index (χ1v) is 11.3. The van der Waals surface area contributed by atoms with E-state index in [0.29, 0.717) is 27.8 Å². The van der Waals surface area contributed by atoms with E-state index < -0.39 is 46.1 Å². The Morgan fingerprint density at radius 3 is 2.59 bits per heavy atom. The molecule has 0 spiro atoms. The number of nitrogens with zero attached hydrogens (tertiary/aromatic N) is 1. The molecule has 0 unspecified atom stereocenters. The summed E-state index contributed by atoms with van der Waals surface area (Å²) in [5.74, 6) is -4.14. The molecule has 34 heavy (non-hydrogen) atoms. The molecule has 4 aromatic rings. The zero-order chi connectivity index (χ0) is 24.8. The Kier molecular flexibility index (Phi) is 6.12. The van der Waals surface area contributed by atoms with Crippen molar-refractivity contribution in [3.05, 3.63) is 66.0 Å². The Balaban J connectivity index is 1.61. The van der Waals surface area contributed by atoms with E-state index in [0.717, 1.165) is 17.4 Å². The SMILES string of the molecule is CCc1sc2[nH]c(=O)[nH]c(=O)c2c1CC(=O)Nc1nc(-c2ccc(F)c(C(F)(F)F)c2F)cs1. The number of fused-ring (bicyclic) bond motifs is 1. The first-order valence-electron chi connectivity index (χ1n) is 9.57. The minimum absolute atomic E-state index is 0.0304. The van der Waals surface area contributed by atoms with Gasteiger partial charge in [0, 0.05) is 15.8 Å². The van der Waals surface area contributed by atoms with Crippen molar-refractivity contribution in [1.29, 1.82) is 0 Å². The quantitative estimate of drug-likeness (QED) is 0.341. The average Bonchev–Trinajstić information content (AvgIpc) is 3.31. The van der Waals surface area contributed by atoms with Crippen LogP contribution < -0.4 is 16.6 Å². The fraction of sp³-hybridized carbons (Fsp3) is 0.200.